The average molecular weight is 436 g/mol. The summed E-state index contributed by atoms with van der Waals surface area (Å²) in [6, 6.07) is 17.5. The van der Waals surface area contributed by atoms with E-state index >= 15 is 0 Å². The van der Waals surface area contributed by atoms with Crippen molar-refractivity contribution < 1.29 is 9.59 Å². The third-order valence-corrected chi connectivity index (χ3v) is 6.18. The van der Waals surface area contributed by atoms with E-state index < -0.39 is 0 Å². The van der Waals surface area contributed by atoms with Crippen molar-refractivity contribution in [3.05, 3.63) is 70.8 Å². The van der Waals surface area contributed by atoms with Crippen molar-refractivity contribution in [1.29, 1.82) is 0 Å². The number of nitrogens with one attached hydrogen (secondary N) is 1. The van der Waals surface area contributed by atoms with Crippen molar-refractivity contribution in [2.24, 2.45) is 0 Å². The van der Waals surface area contributed by atoms with Gasteiger partial charge in [0.25, 0.3) is 0 Å². The molecule has 3 heteroatoms. The van der Waals surface area contributed by atoms with Crippen LogP contribution in [0, 0.1) is 0 Å². The van der Waals surface area contributed by atoms with Gasteiger partial charge in [-0.3, -0.25) is 4.79 Å². The molecule has 0 aliphatic carbocycles. The molecular weight excluding hydrogens is 394 g/mol. The van der Waals surface area contributed by atoms with E-state index in [9.17, 15) is 9.59 Å². The molecule has 1 heterocycles. The molecule has 174 valence electrons. The van der Waals surface area contributed by atoms with Gasteiger partial charge in [-0.05, 0) is 52.3 Å². The summed E-state index contributed by atoms with van der Waals surface area (Å²) in [7, 11) is 0. The molecule has 1 aliphatic heterocycles. The van der Waals surface area contributed by atoms with Crippen LogP contribution in [0.4, 0.5) is 0 Å². The maximum Gasteiger partial charge on any atom is 0.222 e. The highest BCUT2D eigenvalue weighted by atomic mass is 16.2. The number of β-lactam (4-membered cyclic amide) rings is 1. The number of hydrogen-bond acceptors (Lipinski definition) is 2. The summed E-state index contributed by atoms with van der Waals surface area (Å²) < 4.78 is 0. The Morgan fingerprint density at radius 2 is 1.34 bits per heavy atom. The lowest BCUT2D eigenvalue weighted by Crippen LogP contribution is -2.41. The second-order valence-corrected chi connectivity index (χ2v) is 11.1. The van der Waals surface area contributed by atoms with Crippen LogP contribution in [-0.4, -0.2) is 11.7 Å². The second-order valence-electron chi connectivity index (χ2n) is 11.1. The Kier molecular flexibility index (Phi) is 8.45. The van der Waals surface area contributed by atoms with Gasteiger partial charge >= 0.3 is 0 Å². The quantitative estimate of drug-likeness (QED) is 0.514. The third-order valence-electron chi connectivity index (χ3n) is 6.18. The van der Waals surface area contributed by atoms with Gasteiger partial charge in [-0.2, -0.15) is 0 Å². The van der Waals surface area contributed by atoms with Gasteiger partial charge in [0, 0.05) is 6.42 Å². The lowest BCUT2D eigenvalue weighted by Gasteiger charge is -2.28. The number of Topliss-reactive ketones (excluding diaryl/α,β-unsaturated/α-hetero) is 1. The van der Waals surface area contributed by atoms with E-state index in [1.54, 1.807) is 6.92 Å². The maximum atomic E-state index is 11.2. The minimum absolute atomic E-state index is 0.153. The second kappa shape index (κ2) is 10.5. The smallest absolute Gasteiger partial charge is 0.222 e. The highest BCUT2D eigenvalue weighted by Gasteiger charge is 2.26. The number of ketones is 1. The van der Waals surface area contributed by atoms with Gasteiger partial charge in [0.1, 0.15) is 5.78 Å². The Morgan fingerprint density at radius 3 is 1.69 bits per heavy atom. The lowest BCUT2D eigenvalue weighted by molar-refractivity contribution is -0.128. The topological polar surface area (TPSA) is 46.2 Å². The number of amides is 1. The summed E-state index contributed by atoms with van der Waals surface area (Å²) in [4.78, 5) is 22.0. The van der Waals surface area contributed by atoms with Crippen LogP contribution in [0.2, 0.25) is 0 Å². The summed E-state index contributed by atoms with van der Waals surface area (Å²) in [5, 5.41) is 2.88. The monoisotopic (exact) mass is 435 g/mol. The van der Waals surface area contributed by atoms with Gasteiger partial charge < -0.3 is 10.1 Å². The third kappa shape index (κ3) is 7.32. The van der Waals surface area contributed by atoms with Crippen LogP contribution < -0.4 is 5.32 Å². The maximum absolute atomic E-state index is 11.2. The summed E-state index contributed by atoms with van der Waals surface area (Å²) in [5.41, 5.74) is 5.57. The Hall–Kier alpha value is -2.42. The first-order valence-electron chi connectivity index (χ1n) is 11.8. The van der Waals surface area contributed by atoms with Crippen LogP contribution in [0.15, 0.2) is 48.5 Å². The first-order chi connectivity index (χ1) is 14.8. The Morgan fingerprint density at radius 1 is 0.906 bits per heavy atom. The average Bonchev–Trinajstić information content (AvgIpc) is 2.69. The van der Waals surface area contributed by atoms with E-state index in [-0.39, 0.29) is 28.6 Å². The van der Waals surface area contributed by atoms with Crippen molar-refractivity contribution in [1.82, 2.24) is 5.32 Å². The Balaban J connectivity index is 0.000000228. The van der Waals surface area contributed by atoms with Crippen molar-refractivity contribution in [3.63, 3.8) is 0 Å². The molecule has 2 aromatic rings. The number of hydrogen-bond donors (Lipinski definition) is 1. The molecule has 0 spiro atoms. The van der Waals surface area contributed by atoms with Crippen LogP contribution in [0.1, 0.15) is 109 Å². The lowest BCUT2D eigenvalue weighted by atomic mass is 9.84. The first-order valence-corrected chi connectivity index (χ1v) is 11.8. The summed E-state index contributed by atoms with van der Waals surface area (Å²) in [6.45, 7) is 17.1. The van der Waals surface area contributed by atoms with E-state index in [4.69, 9.17) is 0 Å². The van der Waals surface area contributed by atoms with Crippen LogP contribution in [-0.2, 0) is 20.4 Å². The number of carbonyl (C=O) groups excluding carboxylic acids is 2. The molecule has 1 saturated heterocycles. The highest BCUT2D eigenvalue weighted by Crippen LogP contribution is 2.28. The Labute approximate surface area is 195 Å². The molecule has 0 aromatic heterocycles. The zero-order valence-corrected chi connectivity index (χ0v) is 21.2. The molecule has 1 amide bonds. The summed E-state index contributed by atoms with van der Waals surface area (Å²) >= 11 is 0. The van der Waals surface area contributed by atoms with Crippen molar-refractivity contribution in [2.45, 2.75) is 97.4 Å². The number of benzene rings is 2. The zero-order chi connectivity index (χ0) is 24.1. The fourth-order valence-corrected chi connectivity index (χ4v) is 3.88. The molecule has 2 unspecified atom stereocenters. The first kappa shape index (κ1) is 25.8. The SMILES string of the molecule is CC(C)(C)c1ccc(C2CC(=O)N2)cc1.CCC(CC(C)=O)c1ccc(C(C)(C)C)cc1. The van der Waals surface area contributed by atoms with Crippen molar-refractivity contribution in [2.75, 3.05) is 0 Å². The molecule has 0 bridgehead atoms. The van der Waals surface area contributed by atoms with Crippen LogP contribution in [0.3, 0.4) is 0 Å². The van der Waals surface area contributed by atoms with E-state index in [1.165, 1.54) is 22.3 Å². The number of rotatable bonds is 5. The molecule has 1 fully saturated rings. The van der Waals surface area contributed by atoms with E-state index in [0.29, 0.717) is 18.8 Å². The fraction of sp³-hybridized carbons (Fsp3) is 0.517. The van der Waals surface area contributed by atoms with E-state index in [0.717, 1.165) is 6.42 Å². The van der Waals surface area contributed by atoms with Crippen molar-refractivity contribution in [3.8, 4) is 0 Å². The van der Waals surface area contributed by atoms with Crippen LogP contribution in [0.25, 0.3) is 0 Å². The molecule has 0 radical (unpaired) electrons. The van der Waals surface area contributed by atoms with Gasteiger partial charge in [0.2, 0.25) is 5.91 Å². The molecule has 3 nitrogen and oxygen atoms in total. The number of carbonyl (C=O) groups is 2. The van der Waals surface area contributed by atoms with E-state index in [1.807, 2.05) is 0 Å². The Bertz CT molecular complexity index is 888. The van der Waals surface area contributed by atoms with Gasteiger partial charge in [-0.1, -0.05) is 97.0 Å². The minimum atomic E-state index is 0.153. The molecule has 1 N–H and O–H groups in total. The largest absolute Gasteiger partial charge is 0.349 e. The van der Waals surface area contributed by atoms with E-state index in [2.05, 4.69) is 102 Å². The van der Waals surface area contributed by atoms with Crippen molar-refractivity contribution >= 4 is 11.7 Å². The molecule has 0 saturated carbocycles. The normalized spacial score (nSPS) is 16.9. The van der Waals surface area contributed by atoms with Gasteiger partial charge in [-0.15, -0.1) is 0 Å². The summed E-state index contributed by atoms with van der Waals surface area (Å²) in [6.07, 6.45) is 2.31. The molecule has 1 aliphatic rings. The highest BCUT2D eigenvalue weighted by molar-refractivity contribution is 5.83. The predicted molar refractivity (Wildman–Crippen MR) is 134 cm³/mol. The zero-order valence-electron chi connectivity index (χ0n) is 21.2. The van der Waals surface area contributed by atoms with Crippen LogP contribution >= 0.6 is 0 Å². The molecule has 2 atom stereocenters. The molecule has 2 aromatic carbocycles. The molecular formula is C29H41NO2. The predicted octanol–water partition coefficient (Wildman–Crippen LogP) is 7.00. The molecule has 3 rings (SSSR count). The van der Waals surface area contributed by atoms with Crippen LogP contribution in [0.5, 0.6) is 0 Å². The fourth-order valence-electron chi connectivity index (χ4n) is 3.88. The van der Waals surface area contributed by atoms with Gasteiger partial charge in [0.15, 0.2) is 0 Å². The van der Waals surface area contributed by atoms with Gasteiger partial charge in [0.05, 0.1) is 12.5 Å². The minimum Gasteiger partial charge on any atom is -0.349 e. The van der Waals surface area contributed by atoms with Gasteiger partial charge in [-0.25, -0.2) is 0 Å². The summed E-state index contributed by atoms with van der Waals surface area (Å²) in [5.74, 6) is 0.804. The molecule has 32 heavy (non-hydrogen) atoms. The standard InChI is InChI=1S/C16H24O.C13H17NO/c1-6-13(11-12(2)17)14-7-9-15(10-8-14)16(3,4)5;1-13(2,3)10-6-4-9(5-7-10)11-8-12(15)14-11/h7-10,13H,6,11H2,1-5H3;4-7,11H,8H2,1-3H3,(H,14,15).